The van der Waals surface area contributed by atoms with Crippen LogP contribution in [0.1, 0.15) is 57.3 Å². The van der Waals surface area contributed by atoms with Crippen molar-refractivity contribution in [1.29, 1.82) is 0 Å². The van der Waals surface area contributed by atoms with Gasteiger partial charge in [0.15, 0.2) is 0 Å². The summed E-state index contributed by atoms with van der Waals surface area (Å²) < 4.78 is 47.9. The molecule has 7 nitrogen and oxygen atoms in total. The van der Waals surface area contributed by atoms with Crippen LogP contribution in [-0.4, -0.2) is 46.7 Å². The van der Waals surface area contributed by atoms with Crippen LogP contribution < -0.4 is 15.4 Å². The molecule has 1 saturated carbocycles. The van der Waals surface area contributed by atoms with E-state index in [0.717, 1.165) is 6.42 Å². The number of amides is 4. The third kappa shape index (κ3) is 4.27. The fraction of sp³-hybridized carbons (Fsp3) is 0.591. The van der Waals surface area contributed by atoms with Gasteiger partial charge in [-0.1, -0.05) is 26.7 Å². The molecule has 0 radical (unpaired) electrons. The summed E-state index contributed by atoms with van der Waals surface area (Å²) in [6.45, 7) is 7.38. The van der Waals surface area contributed by atoms with E-state index in [1.165, 1.54) is 24.3 Å². The average Bonchev–Trinajstić information content (AvgIpc) is 2.95. The molecule has 1 saturated heterocycles. The lowest BCUT2D eigenvalue weighted by atomic mass is 9.77. The Balaban J connectivity index is 1.88. The van der Waals surface area contributed by atoms with Crippen molar-refractivity contribution in [2.24, 2.45) is 11.8 Å². The van der Waals surface area contributed by atoms with Crippen LogP contribution in [0.15, 0.2) is 24.3 Å². The molecule has 10 heteroatoms. The molecule has 0 bridgehead atoms. The highest BCUT2D eigenvalue weighted by Gasteiger charge is 2.69. The SMILES string of the molecule is CC(C)Oc1ccc(C(=O)N[C@@]2(C(F)(F)F)NC(=O)N([C@@H]3CCC[C@H](C)[C@@H]3C)C2=O)cc1. The summed E-state index contributed by atoms with van der Waals surface area (Å²) in [4.78, 5) is 39.0. The summed E-state index contributed by atoms with van der Waals surface area (Å²) in [6, 6.07) is 3.66. The monoisotopic (exact) mass is 455 g/mol. The van der Waals surface area contributed by atoms with E-state index in [1.54, 1.807) is 10.6 Å². The van der Waals surface area contributed by atoms with Crippen LogP contribution in [0.4, 0.5) is 18.0 Å². The topological polar surface area (TPSA) is 87.7 Å². The highest BCUT2D eigenvalue weighted by atomic mass is 19.4. The number of nitrogens with zero attached hydrogens (tertiary/aromatic N) is 1. The third-order valence-corrected chi connectivity index (χ3v) is 6.26. The van der Waals surface area contributed by atoms with E-state index >= 15 is 0 Å². The van der Waals surface area contributed by atoms with E-state index in [0.29, 0.717) is 23.5 Å². The zero-order chi connectivity index (χ0) is 23.8. The van der Waals surface area contributed by atoms with Gasteiger partial charge in [0.05, 0.1) is 6.10 Å². The summed E-state index contributed by atoms with van der Waals surface area (Å²) in [5.41, 5.74) is -3.63. The number of imide groups is 1. The van der Waals surface area contributed by atoms with E-state index in [9.17, 15) is 27.6 Å². The van der Waals surface area contributed by atoms with Crippen molar-refractivity contribution in [3.8, 4) is 5.75 Å². The summed E-state index contributed by atoms with van der Waals surface area (Å²) in [5, 5.41) is 3.49. The van der Waals surface area contributed by atoms with Gasteiger partial charge in [-0.15, -0.1) is 0 Å². The van der Waals surface area contributed by atoms with Crippen molar-refractivity contribution in [2.45, 2.75) is 70.9 Å². The van der Waals surface area contributed by atoms with Gasteiger partial charge in [-0.25, -0.2) is 4.79 Å². The number of nitrogens with one attached hydrogen (secondary N) is 2. The van der Waals surface area contributed by atoms with Gasteiger partial charge in [0, 0.05) is 11.6 Å². The molecule has 1 aliphatic heterocycles. The van der Waals surface area contributed by atoms with Crippen molar-refractivity contribution in [3.63, 3.8) is 0 Å². The number of rotatable bonds is 5. The summed E-state index contributed by atoms with van der Waals surface area (Å²) in [7, 11) is 0. The van der Waals surface area contributed by atoms with Crippen molar-refractivity contribution >= 4 is 17.8 Å². The molecular weight excluding hydrogens is 427 g/mol. The molecule has 3 rings (SSSR count). The Morgan fingerprint density at radius 2 is 1.81 bits per heavy atom. The summed E-state index contributed by atoms with van der Waals surface area (Å²) in [5.74, 6) is -2.21. The molecule has 4 atom stereocenters. The molecule has 32 heavy (non-hydrogen) atoms. The fourth-order valence-electron chi connectivity index (χ4n) is 4.31. The Morgan fingerprint density at radius 1 is 1.19 bits per heavy atom. The van der Waals surface area contributed by atoms with Crippen molar-refractivity contribution in [2.75, 3.05) is 0 Å². The zero-order valence-electron chi connectivity index (χ0n) is 18.5. The molecule has 1 aliphatic carbocycles. The van der Waals surface area contributed by atoms with Gasteiger partial charge in [-0.2, -0.15) is 13.2 Å². The van der Waals surface area contributed by atoms with E-state index in [2.05, 4.69) is 0 Å². The first-order chi connectivity index (χ1) is 14.9. The van der Waals surface area contributed by atoms with Crippen molar-refractivity contribution in [3.05, 3.63) is 29.8 Å². The second kappa shape index (κ2) is 8.63. The lowest BCUT2D eigenvalue weighted by molar-refractivity contribution is -0.201. The first kappa shape index (κ1) is 23.9. The molecule has 2 N–H and O–H groups in total. The molecular formula is C22H28F3N3O4. The number of alkyl halides is 3. The Hall–Kier alpha value is -2.78. The van der Waals surface area contributed by atoms with E-state index in [1.807, 2.05) is 27.7 Å². The largest absolute Gasteiger partial charge is 0.491 e. The third-order valence-electron chi connectivity index (χ3n) is 6.26. The minimum Gasteiger partial charge on any atom is -0.491 e. The number of hydrogen-bond donors (Lipinski definition) is 2. The van der Waals surface area contributed by atoms with Crippen LogP contribution in [0.2, 0.25) is 0 Å². The van der Waals surface area contributed by atoms with Crippen molar-refractivity contribution in [1.82, 2.24) is 15.5 Å². The second-order valence-electron chi connectivity index (χ2n) is 8.83. The lowest BCUT2D eigenvalue weighted by Gasteiger charge is -2.38. The predicted molar refractivity (Wildman–Crippen MR) is 110 cm³/mol. The molecule has 0 unspecified atom stereocenters. The van der Waals surface area contributed by atoms with E-state index < -0.39 is 35.7 Å². The quantitative estimate of drug-likeness (QED) is 0.661. The van der Waals surface area contributed by atoms with Gasteiger partial charge in [-0.05, 0) is 56.4 Å². The number of urea groups is 1. The maximum absolute atomic E-state index is 14.1. The average molecular weight is 455 g/mol. The number of ether oxygens (including phenoxy) is 1. The van der Waals surface area contributed by atoms with Gasteiger partial charge in [0.25, 0.3) is 17.5 Å². The molecule has 1 heterocycles. The van der Waals surface area contributed by atoms with Gasteiger partial charge in [0.2, 0.25) is 0 Å². The minimum absolute atomic E-state index is 0.107. The number of benzene rings is 1. The maximum Gasteiger partial charge on any atom is 0.440 e. The van der Waals surface area contributed by atoms with Crippen LogP contribution in [0, 0.1) is 11.8 Å². The molecule has 1 aromatic rings. The van der Waals surface area contributed by atoms with E-state index in [4.69, 9.17) is 4.74 Å². The molecule has 1 aromatic carbocycles. The Labute approximate surface area is 184 Å². The second-order valence-corrected chi connectivity index (χ2v) is 8.83. The molecule has 176 valence electrons. The van der Waals surface area contributed by atoms with Gasteiger partial charge >= 0.3 is 12.2 Å². The number of carbonyl (C=O) groups excluding carboxylic acids is 3. The number of hydrogen-bond acceptors (Lipinski definition) is 4. The molecule has 0 spiro atoms. The van der Waals surface area contributed by atoms with Crippen LogP contribution >= 0.6 is 0 Å². The van der Waals surface area contributed by atoms with Crippen LogP contribution in [0.3, 0.4) is 0 Å². The van der Waals surface area contributed by atoms with Crippen LogP contribution in [-0.2, 0) is 4.79 Å². The molecule has 2 fully saturated rings. The van der Waals surface area contributed by atoms with Crippen LogP contribution in [0.5, 0.6) is 5.75 Å². The fourth-order valence-corrected chi connectivity index (χ4v) is 4.31. The number of carbonyl (C=O) groups is 3. The minimum atomic E-state index is -5.24. The highest BCUT2D eigenvalue weighted by molar-refractivity contribution is 6.10. The van der Waals surface area contributed by atoms with Crippen molar-refractivity contribution < 1.29 is 32.3 Å². The molecule has 4 amide bonds. The van der Waals surface area contributed by atoms with Gasteiger partial charge in [-0.3, -0.25) is 19.8 Å². The number of halogens is 3. The molecule has 2 aliphatic rings. The smallest absolute Gasteiger partial charge is 0.440 e. The summed E-state index contributed by atoms with van der Waals surface area (Å²) >= 11 is 0. The highest BCUT2D eigenvalue weighted by Crippen LogP contribution is 2.39. The van der Waals surface area contributed by atoms with E-state index in [-0.39, 0.29) is 23.5 Å². The first-order valence-corrected chi connectivity index (χ1v) is 10.7. The summed E-state index contributed by atoms with van der Waals surface area (Å²) in [6.07, 6.45) is -3.37. The zero-order valence-corrected chi connectivity index (χ0v) is 18.5. The Kier molecular flexibility index (Phi) is 6.44. The maximum atomic E-state index is 14.1. The Bertz CT molecular complexity index is 887. The van der Waals surface area contributed by atoms with Gasteiger partial charge < -0.3 is 10.1 Å². The predicted octanol–water partition coefficient (Wildman–Crippen LogP) is 3.84. The van der Waals surface area contributed by atoms with Crippen LogP contribution in [0.25, 0.3) is 0 Å². The molecule has 0 aromatic heterocycles. The normalized spacial score (nSPS) is 28.6. The lowest BCUT2D eigenvalue weighted by Crippen LogP contribution is -2.69. The Morgan fingerprint density at radius 3 is 2.38 bits per heavy atom. The first-order valence-electron chi connectivity index (χ1n) is 10.7. The standard InChI is InChI=1S/C22H28F3N3O4/c1-12(2)32-16-10-8-15(9-11-16)18(29)26-21(22(23,24)25)19(30)28(20(31)27-21)17-7-5-6-13(3)14(17)4/h8-14,17H,5-7H2,1-4H3,(H,26,29)(H,27,31)/t13-,14-,17+,21+/m0/s1. The van der Waals surface area contributed by atoms with Gasteiger partial charge in [0.1, 0.15) is 5.75 Å².